The summed E-state index contributed by atoms with van der Waals surface area (Å²) in [4.78, 5) is 17.6. The Hall–Kier alpha value is -2.16. The Morgan fingerprint density at radius 1 is 1.21 bits per heavy atom. The van der Waals surface area contributed by atoms with Crippen LogP contribution < -0.4 is 4.90 Å². The summed E-state index contributed by atoms with van der Waals surface area (Å²) in [6.07, 6.45) is 1.63. The van der Waals surface area contributed by atoms with E-state index in [9.17, 15) is 4.79 Å². The number of hydrogen-bond donors (Lipinski definition) is 0. The van der Waals surface area contributed by atoms with Crippen LogP contribution in [-0.4, -0.2) is 17.8 Å². The van der Waals surface area contributed by atoms with Gasteiger partial charge in [0.25, 0.3) is 0 Å². The van der Waals surface area contributed by atoms with E-state index in [1.165, 1.54) is 11.1 Å². The highest BCUT2D eigenvalue weighted by Crippen LogP contribution is 2.15. The maximum absolute atomic E-state index is 11.2. The Bertz CT molecular complexity index is 576. The number of carbonyl (C=O) groups excluding carboxylic acids is 1. The highest BCUT2D eigenvalue weighted by Gasteiger charge is 2.06. The molecule has 2 rings (SSSR count). The average molecular weight is 254 g/mol. The number of aromatic nitrogens is 1. The lowest BCUT2D eigenvalue weighted by atomic mass is 10.1. The van der Waals surface area contributed by atoms with Gasteiger partial charge in [-0.1, -0.05) is 24.3 Å². The van der Waals surface area contributed by atoms with E-state index in [0.29, 0.717) is 5.56 Å². The van der Waals surface area contributed by atoms with Crippen molar-refractivity contribution < 1.29 is 4.79 Å². The van der Waals surface area contributed by atoms with Crippen LogP contribution in [0.15, 0.2) is 42.6 Å². The van der Waals surface area contributed by atoms with E-state index in [-0.39, 0.29) is 5.78 Å². The first kappa shape index (κ1) is 13.3. The number of pyridine rings is 1. The van der Waals surface area contributed by atoms with Gasteiger partial charge in [0.05, 0.1) is 0 Å². The van der Waals surface area contributed by atoms with Crippen LogP contribution in [0.25, 0.3) is 0 Å². The molecule has 3 heteroatoms. The van der Waals surface area contributed by atoms with Gasteiger partial charge in [-0.05, 0) is 37.1 Å². The second kappa shape index (κ2) is 5.65. The quantitative estimate of drug-likeness (QED) is 0.785. The molecule has 0 aliphatic heterocycles. The molecule has 0 spiro atoms. The monoisotopic (exact) mass is 254 g/mol. The van der Waals surface area contributed by atoms with Gasteiger partial charge in [0.1, 0.15) is 5.82 Å². The molecule has 1 aromatic carbocycles. The van der Waals surface area contributed by atoms with Crippen LogP contribution in [-0.2, 0) is 6.54 Å². The zero-order chi connectivity index (χ0) is 13.8. The molecule has 1 aromatic heterocycles. The first-order valence-corrected chi connectivity index (χ1v) is 6.30. The summed E-state index contributed by atoms with van der Waals surface area (Å²) < 4.78 is 0. The van der Waals surface area contributed by atoms with E-state index >= 15 is 0 Å². The second-order valence-corrected chi connectivity index (χ2v) is 4.74. The molecule has 0 atom stereocenters. The summed E-state index contributed by atoms with van der Waals surface area (Å²) in [5.41, 5.74) is 3.20. The molecule has 0 radical (unpaired) electrons. The summed E-state index contributed by atoms with van der Waals surface area (Å²) in [6.45, 7) is 4.46. The topological polar surface area (TPSA) is 33.2 Å². The van der Waals surface area contributed by atoms with Crippen LogP contribution in [0.2, 0.25) is 0 Å². The van der Waals surface area contributed by atoms with Gasteiger partial charge >= 0.3 is 0 Å². The van der Waals surface area contributed by atoms with Gasteiger partial charge < -0.3 is 4.90 Å². The molecule has 0 N–H and O–H groups in total. The molecule has 3 nitrogen and oxygen atoms in total. The van der Waals surface area contributed by atoms with Crippen molar-refractivity contribution in [2.45, 2.75) is 20.4 Å². The smallest absolute Gasteiger partial charge is 0.161 e. The lowest BCUT2D eigenvalue weighted by molar-refractivity contribution is 0.101. The summed E-state index contributed by atoms with van der Waals surface area (Å²) in [5, 5.41) is 0. The molecule has 0 unspecified atom stereocenters. The maximum atomic E-state index is 11.2. The minimum atomic E-state index is 0.0422. The van der Waals surface area contributed by atoms with Crippen molar-refractivity contribution in [3.05, 3.63) is 59.3 Å². The van der Waals surface area contributed by atoms with Crippen molar-refractivity contribution >= 4 is 11.6 Å². The highest BCUT2D eigenvalue weighted by molar-refractivity contribution is 5.93. The van der Waals surface area contributed by atoms with Crippen LogP contribution >= 0.6 is 0 Å². The molecule has 0 saturated heterocycles. The van der Waals surface area contributed by atoms with E-state index in [1.807, 2.05) is 31.3 Å². The number of carbonyl (C=O) groups is 1. The number of nitrogens with zero attached hydrogens (tertiary/aromatic N) is 2. The molecule has 0 amide bonds. The molecule has 0 saturated carbocycles. The third-order valence-corrected chi connectivity index (χ3v) is 3.21. The van der Waals surface area contributed by atoms with E-state index in [1.54, 1.807) is 13.1 Å². The van der Waals surface area contributed by atoms with Crippen molar-refractivity contribution in [1.82, 2.24) is 4.98 Å². The SMILES string of the molecule is CC(=O)c1ccc(N(C)Cc2ccccc2C)nc1. The highest BCUT2D eigenvalue weighted by atomic mass is 16.1. The summed E-state index contributed by atoms with van der Waals surface area (Å²) in [6, 6.07) is 12.0. The molecule has 0 bridgehead atoms. The van der Waals surface area contributed by atoms with Gasteiger partial charge in [0, 0.05) is 25.4 Å². The first-order chi connectivity index (χ1) is 9.08. The largest absolute Gasteiger partial charge is 0.355 e. The van der Waals surface area contributed by atoms with Gasteiger partial charge in [-0.2, -0.15) is 0 Å². The normalized spacial score (nSPS) is 10.3. The lowest BCUT2D eigenvalue weighted by Gasteiger charge is -2.19. The number of benzene rings is 1. The Morgan fingerprint density at radius 2 is 1.95 bits per heavy atom. The van der Waals surface area contributed by atoms with E-state index < -0.39 is 0 Å². The average Bonchev–Trinajstić information content (AvgIpc) is 2.41. The molecular weight excluding hydrogens is 236 g/mol. The minimum Gasteiger partial charge on any atom is -0.355 e. The lowest BCUT2D eigenvalue weighted by Crippen LogP contribution is -2.18. The Labute approximate surface area is 113 Å². The summed E-state index contributed by atoms with van der Waals surface area (Å²) >= 11 is 0. The number of ketones is 1. The Balaban J connectivity index is 2.14. The van der Waals surface area contributed by atoms with E-state index in [2.05, 4.69) is 28.9 Å². The number of rotatable bonds is 4. The molecular formula is C16H18N2O. The summed E-state index contributed by atoms with van der Waals surface area (Å²) in [5.74, 6) is 0.911. The zero-order valence-corrected chi connectivity index (χ0v) is 11.6. The van der Waals surface area contributed by atoms with Crippen molar-refractivity contribution in [3.63, 3.8) is 0 Å². The third-order valence-electron chi connectivity index (χ3n) is 3.21. The predicted octanol–water partition coefficient (Wildman–Crippen LogP) is 3.23. The standard InChI is InChI=1S/C16H18N2O/c1-12-6-4-5-7-15(12)11-18(3)16-9-8-14(10-17-16)13(2)19/h4-10H,11H2,1-3H3. The molecule has 19 heavy (non-hydrogen) atoms. The number of hydrogen-bond acceptors (Lipinski definition) is 3. The van der Waals surface area contributed by atoms with Crippen LogP contribution in [0.3, 0.4) is 0 Å². The van der Waals surface area contributed by atoms with E-state index in [0.717, 1.165) is 12.4 Å². The van der Waals surface area contributed by atoms with Crippen LogP contribution in [0.5, 0.6) is 0 Å². The zero-order valence-electron chi connectivity index (χ0n) is 11.6. The molecule has 1 heterocycles. The van der Waals surface area contributed by atoms with Gasteiger partial charge in [0.2, 0.25) is 0 Å². The van der Waals surface area contributed by atoms with Crippen molar-refractivity contribution in [1.29, 1.82) is 0 Å². The van der Waals surface area contributed by atoms with Crippen molar-refractivity contribution in [3.8, 4) is 0 Å². The van der Waals surface area contributed by atoms with Gasteiger partial charge in [-0.15, -0.1) is 0 Å². The van der Waals surface area contributed by atoms with Crippen molar-refractivity contribution in [2.75, 3.05) is 11.9 Å². The Morgan fingerprint density at radius 3 is 2.53 bits per heavy atom. The van der Waals surface area contributed by atoms with E-state index in [4.69, 9.17) is 0 Å². The molecule has 0 aliphatic carbocycles. The van der Waals surface area contributed by atoms with Crippen LogP contribution in [0.1, 0.15) is 28.4 Å². The van der Waals surface area contributed by atoms with Gasteiger partial charge in [-0.3, -0.25) is 4.79 Å². The van der Waals surface area contributed by atoms with Crippen molar-refractivity contribution in [2.24, 2.45) is 0 Å². The van der Waals surface area contributed by atoms with Gasteiger partial charge in [-0.25, -0.2) is 4.98 Å². The molecule has 98 valence electrons. The second-order valence-electron chi connectivity index (χ2n) is 4.74. The van der Waals surface area contributed by atoms with Crippen LogP contribution in [0, 0.1) is 6.92 Å². The molecule has 0 aliphatic rings. The fourth-order valence-corrected chi connectivity index (χ4v) is 1.94. The Kier molecular flexibility index (Phi) is 3.95. The molecule has 2 aromatic rings. The fraction of sp³-hybridized carbons (Fsp3) is 0.250. The first-order valence-electron chi connectivity index (χ1n) is 6.30. The van der Waals surface area contributed by atoms with Crippen LogP contribution in [0.4, 0.5) is 5.82 Å². The molecule has 0 fully saturated rings. The number of aryl methyl sites for hydroxylation is 1. The predicted molar refractivity (Wildman–Crippen MR) is 77.5 cm³/mol. The van der Waals surface area contributed by atoms with Gasteiger partial charge in [0.15, 0.2) is 5.78 Å². The third kappa shape index (κ3) is 3.19. The fourth-order valence-electron chi connectivity index (χ4n) is 1.94. The maximum Gasteiger partial charge on any atom is 0.161 e. The minimum absolute atomic E-state index is 0.0422. The number of anilines is 1. The number of Topliss-reactive ketones (excluding diaryl/α,β-unsaturated/α-hetero) is 1. The summed E-state index contributed by atoms with van der Waals surface area (Å²) in [7, 11) is 2.00.